The van der Waals surface area contributed by atoms with E-state index in [1.165, 1.54) is 21.9 Å². The number of hydrogen-bond acceptors (Lipinski definition) is 2. The van der Waals surface area contributed by atoms with Crippen LogP contribution in [0.25, 0.3) is 0 Å². The second-order valence-corrected chi connectivity index (χ2v) is 7.12. The first kappa shape index (κ1) is 16.9. The SMILES string of the molecule is C[NH+]1CCC2(CC1)NC(=O)N(C[NH+](C)Cc1ccc(F)cc1)C2=O. The molecule has 0 aliphatic carbocycles. The lowest BCUT2D eigenvalue weighted by molar-refractivity contribution is -0.901. The van der Waals surface area contributed by atoms with Crippen LogP contribution in [0.1, 0.15) is 18.4 Å². The predicted molar refractivity (Wildman–Crippen MR) is 85.8 cm³/mol. The zero-order valence-electron chi connectivity index (χ0n) is 14.2. The van der Waals surface area contributed by atoms with Gasteiger partial charge in [-0.05, 0) is 12.1 Å². The van der Waals surface area contributed by atoms with Gasteiger partial charge in [0.15, 0.2) is 6.67 Å². The Morgan fingerprint density at radius 3 is 2.50 bits per heavy atom. The van der Waals surface area contributed by atoms with Gasteiger partial charge in [0.2, 0.25) is 0 Å². The number of halogens is 1. The number of likely N-dealkylation sites (tertiary alicyclic amines) is 1. The van der Waals surface area contributed by atoms with E-state index < -0.39 is 5.54 Å². The molecule has 1 spiro atoms. The molecule has 24 heavy (non-hydrogen) atoms. The largest absolute Gasteiger partial charge is 0.337 e. The molecule has 3 rings (SSSR count). The molecule has 2 heterocycles. The van der Waals surface area contributed by atoms with Crippen molar-refractivity contribution in [1.29, 1.82) is 0 Å². The lowest BCUT2D eigenvalue weighted by Crippen LogP contribution is -3.11. The Kier molecular flexibility index (Phi) is 4.56. The summed E-state index contributed by atoms with van der Waals surface area (Å²) < 4.78 is 13.0. The molecule has 0 radical (unpaired) electrons. The maximum absolute atomic E-state index is 13.0. The number of carbonyl (C=O) groups is 2. The van der Waals surface area contributed by atoms with Crippen LogP contribution in [0.15, 0.2) is 24.3 Å². The highest BCUT2D eigenvalue weighted by atomic mass is 19.1. The van der Waals surface area contributed by atoms with Crippen molar-refractivity contribution in [2.45, 2.75) is 24.9 Å². The van der Waals surface area contributed by atoms with Crippen LogP contribution < -0.4 is 15.1 Å². The zero-order chi connectivity index (χ0) is 17.3. The summed E-state index contributed by atoms with van der Waals surface area (Å²) in [5.74, 6) is -0.365. The molecule has 1 unspecified atom stereocenters. The van der Waals surface area contributed by atoms with Crippen molar-refractivity contribution in [2.75, 3.05) is 33.9 Å². The van der Waals surface area contributed by atoms with Crippen molar-refractivity contribution in [2.24, 2.45) is 0 Å². The first-order chi connectivity index (χ1) is 11.4. The van der Waals surface area contributed by atoms with E-state index in [1.807, 2.05) is 7.05 Å². The second kappa shape index (κ2) is 6.49. The molecule has 1 aromatic carbocycles. The van der Waals surface area contributed by atoms with E-state index in [1.54, 1.807) is 12.1 Å². The van der Waals surface area contributed by atoms with Gasteiger partial charge in [-0.3, -0.25) is 4.79 Å². The topological polar surface area (TPSA) is 58.3 Å². The monoisotopic (exact) mass is 336 g/mol. The van der Waals surface area contributed by atoms with Gasteiger partial charge in [0, 0.05) is 18.4 Å². The molecule has 3 amide bonds. The second-order valence-electron chi connectivity index (χ2n) is 7.12. The first-order valence-electron chi connectivity index (χ1n) is 8.41. The van der Waals surface area contributed by atoms with Crippen molar-refractivity contribution in [3.05, 3.63) is 35.6 Å². The third-order valence-corrected chi connectivity index (χ3v) is 5.05. The van der Waals surface area contributed by atoms with Crippen molar-refractivity contribution in [1.82, 2.24) is 10.2 Å². The van der Waals surface area contributed by atoms with Crippen molar-refractivity contribution >= 4 is 11.9 Å². The number of amides is 3. The summed E-state index contributed by atoms with van der Waals surface area (Å²) in [6.07, 6.45) is 1.38. The molecule has 2 aliphatic heterocycles. The number of carbonyl (C=O) groups excluding carboxylic acids is 2. The molecular weight excluding hydrogens is 311 g/mol. The van der Waals surface area contributed by atoms with Gasteiger partial charge in [-0.1, -0.05) is 12.1 Å². The van der Waals surface area contributed by atoms with E-state index >= 15 is 0 Å². The van der Waals surface area contributed by atoms with Gasteiger partial charge in [-0.2, -0.15) is 0 Å². The van der Waals surface area contributed by atoms with Gasteiger partial charge >= 0.3 is 6.03 Å². The smallest absolute Gasteiger partial charge is 0.329 e. The number of hydrogen-bond donors (Lipinski definition) is 3. The molecule has 7 heteroatoms. The summed E-state index contributed by atoms with van der Waals surface area (Å²) in [7, 11) is 4.03. The average molecular weight is 336 g/mol. The molecule has 3 N–H and O–H groups in total. The molecule has 2 aliphatic rings. The minimum Gasteiger partial charge on any atom is -0.337 e. The van der Waals surface area contributed by atoms with Gasteiger partial charge in [0.05, 0.1) is 27.2 Å². The van der Waals surface area contributed by atoms with Crippen LogP contribution in [0.4, 0.5) is 9.18 Å². The highest BCUT2D eigenvalue weighted by molar-refractivity contribution is 6.06. The number of quaternary nitrogens is 2. The Morgan fingerprint density at radius 1 is 1.25 bits per heavy atom. The van der Waals surface area contributed by atoms with Crippen molar-refractivity contribution < 1.29 is 23.8 Å². The van der Waals surface area contributed by atoms with Crippen LogP contribution in [0.2, 0.25) is 0 Å². The molecule has 0 bridgehead atoms. The number of nitrogens with one attached hydrogen (secondary N) is 3. The van der Waals surface area contributed by atoms with E-state index in [0.29, 0.717) is 26.1 Å². The molecule has 2 saturated heterocycles. The van der Waals surface area contributed by atoms with Crippen molar-refractivity contribution in [3.63, 3.8) is 0 Å². The standard InChI is InChI=1S/C17H23FN4O2/c1-20-9-7-17(8-10-20)15(23)22(16(24)19-17)12-21(2)11-13-3-5-14(18)6-4-13/h3-6H,7-12H2,1-2H3,(H,19,24)/p+2. The highest BCUT2D eigenvalue weighted by Gasteiger charge is 2.53. The number of imide groups is 1. The van der Waals surface area contributed by atoms with E-state index in [0.717, 1.165) is 23.6 Å². The van der Waals surface area contributed by atoms with Crippen LogP contribution >= 0.6 is 0 Å². The van der Waals surface area contributed by atoms with Gasteiger partial charge in [-0.15, -0.1) is 0 Å². The van der Waals surface area contributed by atoms with Gasteiger partial charge < -0.3 is 15.1 Å². The predicted octanol–water partition coefficient (Wildman–Crippen LogP) is -1.60. The van der Waals surface area contributed by atoms with Crippen LogP contribution in [0.3, 0.4) is 0 Å². The fourth-order valence-electron chi connectivity index (χ4n) is 3.54. The Balaban J connectivity index is 1.63. The lowest BCUT2D eigenvalue weighted by Gasteiger charge is -2.33. The van der Waals surface area contributed by atoms with Gasteiger partial charge in [-0.25, -0.2) is 14.1 Å². The van der Waals surface area contributed by atoms with Gasteiger partial charge in [0.25, 0.3) is 5.91 Å². The minimum absolute atomic E-state index is 0.0987. The van der Waals surface area contributed by atoms with E-state index in [4.69, 9.17) is 0 Å². The number of rotatable bonds is 4. The maximum Gasteiger partial charge on any atom is 0.329 e. The third kappa shape index (κ3) is 3.27. The average Bonchev–Trinajstić information content (AvgIpc) is 2.77. The Hall–Kier alpha value is -1.99. The minimum atomic E-state index is -0.702. The normalized spacial score (nSPS) is 28.3. The fourth-order valence-corrected chi connectivity index (χ4v) is 3.54. The third-order valence-electron chi connectivity index (χ3n) is 5.05. The summed E-state index contributed by atoms with van der Waals surface area (Å²) in [4.78, 5) is 28.8. The lowest BCUT2D eigenvalue weighted by atomic mass is 9.88. The van der Waals surface area contributed by atoms with E-state index in [9.17, 15) is 14.0 Å². The van der Waals surface area contributed by atoms with Crippen LogP contribution in [0.5, 0.6) is 0 Å². The Morgan fingerprint density at radius 2 is 1.88 bits per heavy atom. The Labute approximate surface area is 141 Å². The zero-order valence-corrected chi connectivity index (χ0v) is 14.2. The molecule has 2 fully saturated rings. The molecule has 1 atom stereocenters. The summed E-state index contributed by atoms with van der Waals surface area (Å²) >= 11 is 0. The number of urea groups is 1. The van der Waals surface area contributed by atoms with Crippen LogP contribution in [0, 0.1) is 5.82 Å². The number of piperidine rings is 1. The molecule has 1 aromatic rings. The molecule has 6 nitrogen and oxygen atoms in total. The van der Waals surface area contributed by atoms with Crippen LogP contribution in [-0.2, 0) is 11.3 Å². The van der Waals surface area contributed by atoms with Gasteiger partial charge in [0.1, 0.15) is 17.9 Å². The van der Waals surface area contributed by atoms with E-state index in [-0.39, 0.29) is 17.8 Å². The van der Waals surface area contributed by atoms with E-state index in [2.05, 4.69) is 12.4 Å². The fraction of sp³-hybridized carbons (Fsp3) is 0.529. The van der Waals surface area contributed by atoms with Crippen LogP contribution in [-0.4, -0.2) is 56.2 Å². The quantitative estimate of drug-likeness (QED) is 0.580. The molecule has 130 valence electrons. The summed E-state index contributed by atoms with van der Waals surface area (Å²) in [5.41, 5.74) is 0.269. The molecule has 0 saturated carbocycles. The summed E-state index contributed by atoms with van der Waals surface area (Å²) in [5, 5.41) is 2.93. The number of benzene rings is 1. The molecular formula is C17H25FN4O2+2. The maximum atomic E-state index is 13.0. The number of nitrogens with zero attached hydrogens (tertiary/aromatic N) is 1. The highest BCUT2D eigenvalue weighted by Crippen LogP contribution is 2.25. The summed E-state index contributed by atoms with van der Waals surface area (Å²) in [6, 6.07) is 6.01. The molecule has 0 aromatic heterocycles. The summed E-state index contributed by atoms with van der Waals surface area (Å²) in [6.45, 7) is 2.71. The Bertz CT molecular complexity index is 626. The van der Waals surface area contributed by atoms with Crippen molar-refractivity contribution in [3.8, 4) is 0 Å². The first-order valence-corrected chi connectivity index (χ1v) is 8.41.